The topological polar surface area (TPSA) is 58.4 Å². The van der Waals surface area contributed by atoms with Gasteiger partial charge in [-0.2, -0.15) is 0 Å². The Bertz CT molecular complexity index is 220. The maximum Gasteiger partial charge on any atom is 0.237 e. The summed E-state index contributed by atoms with van der Waals surface area (Å²) < 4.78 is 0. The van der Waals surface area contributed by atoms with Gasteiger partial charge < -0.3 is 16.0 Å². The van der Waals surface area contributed by atoms with E-state index in [4.69, 9.17) is 5.73 Å². The van der Waals surface area contributed by atoms with Gasteiger partial charge in [0.05, 0.1) is 6.04 Å². The molecule has 0 spiro atoms. The predicted molar refractivity (Wildman–Crippen MR) is 61.5 cm³/mol. The summed E-state index contributed by atoms with van der Waals surface area (Å²) in [6, 6.07) is -0.0708. The van der Waals surface area contributed by atoms with Crippen molar-refractivity contribution in [3.05, 3.63) is 0 Å². The number of likely N-dealkylation sites (N-methyl/N-ethyl adjacent to an activating group) is 1. The molecule has 1 heterocycles. The molecule has 0 aromatic rings. The molecule has 1 unspecified atom stereocenters. The second-order valence-electron chi connectivity index (χ2n) is 4.67. The van der Waals surface area contributed by atoms with E-state index in [9.17, 15) is 4.79 Å². The van der Waals surface area contributed by atoms with E-state index in [-0.39, 0.29) is 23.9 Å². The highest BCUT2D eigenvalue weighted by Gasteiger charge is 2.25. The Hall–Kier alpha value is -0.610. The molecular weight excluding hydrogens is 190 g/mol. The van der Waals surface area contributed by atoms with Gasteiger partial charge in [-0.25, -0.2) is 0 Å². The van der Waals surface area contributed by atoms with Gasteiger partial charge in [-0.15, -0.1) is 0 Å². The van der Waals surface area contributed by atoms with Gasteiger partial charge in [-0.05, 0) is 25.9 Å². The minimum absolute atomic E-state index is 0.00431. The number of nitrogens with one attached hydrogen (secondary N) is 1. The Morgan fingerprint density at radius 2 is 2.33 bits per heavy atom. The number of amides is 1. The van der Waals surface area contributed by atoms with Crippen LogP contribution in [-0.4, -0.2) is 43.0 Å². The van der Waals surface area contributed by atoms with Crippen LogP contribution in [0.25, 0.3) is 0 Å². The van der Waals surface area contributed by atoms with Crippen LogP contribution >= 0.6 is 0 Å². The van der Waals surface area contributed by atoms with Crippen molar-refractivity contribution in [2.45, 2.75) is 38.8 Å². The molecule has 1 aliphatic rings. The van der Waals surface area contributed by atoms with E-state index in [0.717, 1.165) is 25.9 Å². The summed E-state index contributed by atoms with van der Waals surface area (Å²) in [6.07, 6.45) is 1.98. The van der Waals surface area contributed by atoms with E-state index < -0.39 is 0 Å². The van der Waals surface area contributed by atoms with Crippen molar-refractivity contribution in [1.82, 2.24) is 10.2 Å². The fraction of sp³-hybridized carbons (Fsp3) is 0.909. The minimum atomic E-state index is -0.360. The monoisotopic (exact) mass is 213 g/mol. The van der Waals surface area contributed by atoms with Gasteiger partial charge in [-0.3, -0.25) is 4.79 Å². The summed E-state index contributed by atoms with van der Waals surface area (Å²) >= 11 is 0. The second-order valence-corrected chi connectivity index (χ2v) is 4.67. The van der Waals surface area contributed by atoms with Gasteiger partial charge in [-0.1, -0.05) is 20.3 Å². The Morgan fingerprint density at radius 1 is 1.67 bits per heavy atom. The molecule has 0 aliphatic carbocycles. The molecule has 1 fully saturated rings. The van der Waals surface area contributed by atoms with Gasteiger partial charge in [0, 0.05) is 12.6 Å². The van der Waals surface area contributed by atoms with E-state index in [1.54, 1.807) is 0 Å². The Balaban J connectivity index is 2.35. The highest BCUT2D eigenvalue weighted by Crippen LogP contribution is 2.09. The molecular formula is C11H23N3O. The van der Waals surface area contributed by atoms with E-state index in [2.05, 4.69) is 24.2 Å². The van der Waals surface area contributed by atoms with Crippen molar-refractivity contribution in [3.8, 4) is 0 Å². The van der Waals surface area contributed by atoms with Crippen LogP contribution in [-0.2, 0) is 4.79 Å². The van der Waals surface area contributed by atoms with Gasteiger partial charge in [0.1, 0.15) is 0 Å². The molecule has 1 saturated heterocycles. The molecule has 1 amide bonds. The average molecular weight is 213 g/mol. The third-order valence-electron chi connectivity index (χ3n) is 3.30. The number of likely N-dealkylation sites (tertiary alicyclic amines) is 1. The molecule has 1 rings (SSSR count). The van der Waals surface area contributed by atoms with E-state index >= 15 is 0 Å². The number of carbonyl (C=O) groups excluding carboxylic acids is 1. The van der Waals surface area contributed by atoms with E-state index in [1.165, 1.54) is 0 Å². The minimum Gasteiger partial charge on any atom is -0.351 e. The average Bonchev–Trinajstić information content (AvgIpc) is 2.61. The van der Waals surface area contributed by atoms with Crippen molar-refractivity contribution in [1.29, 1.82) is 0 Å². The van der Waals surface area contributed by atoms with Crippen LogP contribution in [0, 0.1) is 5.92 Å². The van der Waals surface area contributed by atoms with Gasteiger partial charge >= 0.3 is 0 Å². The summed E-state index contributed by atoms with van der Waals surface area (Å²) in [5.41, 5.74) is 5.86. The fourth-order valence-electron chi connectivity index (χ4n) is 1.86. The predicted octanol–water partition coefficient (Wildman–Crippen LogP) is 0.180. The number of nitrogens with zero attached hydrogens (tertiary/aromatic N) is 1. The molecule has 3 atom stereocenters. The summed E-state index contributed by atoms with van der Waals surface area (Å²) in [5, 5.41) is 3.02. The van der Waals surface area contributed by atoms with Crippen LogP contribution in [0.4, 0.5) is 0 Å². The summed E-state index contributed by atoms with van der Waals surface area (Å²) in [7, 11) is 2.07. The highest BCUT2D eigenvalue weighted by atomic mass is 16.2. The smallest absolute Gasteiger partial charge is 0.237 e. The lowest BCUT2D eigenvalue weighted by Gasteiger charge is -2.20. The first-order chi connectivity index (χ1) is 7.04. The molecule has 0 radical (unpaired) electrons. The standard InChI is InChI=1S/C11H23N3O/c1-4-8(2)10(12)11(15)13-9-5-6-14(3)7-9/h8-10H,4-7,12H2,1-3H3,(H,13,15)/t8-,9?,10-/m0/s1. The zero-order valence-electron chi connectivity index (χ0n) is 9.99. The molecule has 88 valence electrons. The highest BCUT2D eigenvalue weighted by molar-refractivity contribution is 5.82. The number of hydrogen-bond donors (Lipinski definition) is 2. The number of nitrogens with two attached hydrogens (primary N) is 1. The lowest BCUT2D eigenvalue weighted by atomic mass is 9.99. The maximum atomic E-state index is 11.8. The first kappa shape index (κ1) is 12.5. The zero-order valence-corrected chi connectivity index (χ0v) is 9.99. The van der Waals surface area contributed by atoms with Crippen molar-refractivity contribution < 1.29 is 4.79 Å². The van der Waals surface area contributed by atoms with Gasteiger partial charge in [0.2, 0.25) is 5.91 Å². The van der Waals surface area contributed by atoms with Crippen molar-refractivity contribution in [3.63, 3.8) is 0 Å². The molecule has 4 nitrogen and oxygen atoms in total. The summed E-state index contributed by atoms with van der Waals surface area (Å²) in [6.45, 7) is 6.08. The number of rotatable bonds is 4. The largest absolute Gasteiger partial charge is 0.351 e. The van der Waals surface area contributed by atoms with E-state index in [0.29, 0.717) is 0 Å². The zero-order chi connectivity index (χ0) is 11.4. The molecule has 0 aromatic heterocycles. The normalized spacial score (nSPS) is 26.3. The van der Waals surface area contributed by atoms with Crippen molar-refractivity contribution >= 4 is 5.91 Å². The van der Waals surface area contributed by atoms with Crippen molar-refractivity contribution in [2.24, 2.45) is 11.7 Å². The summed E-state index contributed by atoms with van der Waals surface area (Å²) in [5.74, 6) is 0.258. The third kappa shape index (κ3) is 3.47. The molecule has 1 aliphatic heterocycles. The lowest BCUT2D eigenvalue weighted by molar-refractivity contribution is -0.124. The third-order valence-corrected chi connectivity index (χ3v) is 3.30. The van der Waals surface area contributed by atoms with Crippen molar-refractivity contribution in [2.75, 3.05) is 20.1 Å². The van der Waals surface area contributed by atoms with Crippen LogP contribution in [0.1, 0.15) is 26.7 Å². The van der Waals surface area contributed by atoms with Gasteiger partial charge in [0.15, 0.2) is 0 Å². The molecule has 0 saturated carbocycles. The van der Waals surface area contributed by atoms with Crippen LogP contribution in [0.2, 0.25) is 0 Å². The molecule has 15 heavy (non-hydrogen) atoms. The van der Waals surface area contributed by atoms with Crippen LogP contribution in [0.3, 0.4) is 0 Å². The lowest BCUT2D eigenvalue weighted by Crippen LogP contribution is -2.48. The second kappa shape index (κ2) is 5.47. The van der Waals surface area contributed by atoms with Crippen LogP contribution in [0.15, 0.2) is 0 Å². The summed E-state index contributed by atoms with van der Waals surface area (Å²) in [4.78, 5) is 14.0. The van der Waals surface area contributed by atoms with Crippen LogP contribution < -0.4 is 11.1 Å². The Morgan fingerprint density at radius 3 is 2.80 bits per heavy atom. The molecule has 0 bridgehead atoms. The van der Waals surface area contributed by atoms with E-state index in [1.807, 2.05) is 6.92 Å². The number of carbonyl (C=O) groups is 1. The number of hydrogen-bond acceptors (Lipinski definition) is 3. The van der Waals surface area contributed by atoms with Crippen LogP contribution in [0.5, 0.6) is 0 Å². The quantitative estimate of drug-likeness (QED) is 0.700. The van der Waals surface area contributed by atoms with Gasteiger partial charge in [0.25, 0.3) is 0 Å². The molecule has 3 N–H and O–H groups in total. The Labute approximate surface area is 92.2 Å². The first-order valence-corrected chi connectivity index (χ1v) is 5.79. The first-order valence-electron chi connectivity index (χ1n) is 5.79. The molecule has 0 aromatic carbocycles. The maximum absolute atomic E-state index is 11.8. The fourth-order valence-corrected chi connectivity index (χ4v) is 1.86. The molecule has 4 heteroatoms. The SMILES string of the molecule is CC[C@H](C)[C@H](N)C(=O)NC1CCN(C)C1. The Kier molecular flexibility index (Phi) is 4.54.